The van der Waals surface area contributed by atoms with Crippen molar-refractivity contribution in [2.24, 2.45) is 5.92 Å². The molecular formula is C23H23ClN4O2S. The number of thioether (sulfide) groups is 1. The lowest BCUT2D eigenvalue weighted by Gasteiger charge is -2.30. The number of nitrogens with zero attached hydrogens (tertiary/aromatic N) is 4. The molecule has 0 radical (unpaired) electrons. The molecule has 0 fully saturated rings. The molecule has 1 aromatic heterocycles. The Bertz CT molecular complexity index is 1140. The first-order chi connectivity index (χ1) is 14.8. The van der Waals surface area contributed by atoms with Crippen molar-refractivity contribution in [2.45, 2.75) is 39.1 Å². The first-order valence-electron chi connectivity index (χ1n) is 10.0. The number of hydrogen-bond acceptors (Lipinski definition) is 6. The van der Waals surface area contributed by atoms with Gasteiger partial charge in [-0.2, -0.15) is 4.98 Å². The Morgan fingerprint density at radius 2 is 2.03 bits per heavy atom. The standard InChI is InChI=1S/C23H23ClN4O2S/c1-13(2)12-31-23-25-21-20(26-27-23)18-10-14(3)8-9-19(18)28(15(4)29)22(30-21)16-6-5-7-17(24)11-16/h5-11,13,22H,12H2,1-4H3/t22-/m0/s1. The highest BCUT2D eigenvalue weighted by Gasteiger charge is 2.34. The highest BCUT2D eigenvalue weighted by Crippen LogP contribution is 2.44. The van der Waals surface area contributed by atoms with Crippen LogP contribution in [0, 0.1) is 12.8 Å². The molecule has 0 unspecified atom stereocenters. The van der Waals surface area contributed by atoms with Gasteiger partial charge in [-0.15, -0.1) is 10.2 Å². The van der Waals surface area contributed by atoms with E-state index >= 15 is 0 Å². The van der Waals surface area contributed by atoms with Crippen LogP contribution in [0.25, 0.3) is 11.3 Å². The van der Waals surface area contributed by atoms with E-state index in [1.165, 1.54) is 18.7 Å². The summed E-state index contributed by atoms with van der Waals surface area (Å²) < 4.78 is 6.36. The van der Waals surface area contributed by atoms with Crippen molar-refractivity contribution in [3.8, 4) is 17.1 Å². The van der Waals surface area contributed by atoms with Crippen molar-refractivity contribution >= 4 is 35.0 Å². The lowest BCUT2D eigenvalue weighted by Crippen LogP contribution is -2.36. The van der Waals surface area contributed by atoms with Crippen LogP contribution < -0.4 is 9.64 Å². The van der Waals surface area contributed by atoms with Gasteiger partial charge in [0.05, 0.1) is 5.69 Å². The van der Waals surface area contributed by atoms with Crippen molar-refractivity contribution in [1.82, 2.24) is 15.2 Å². The summed E-state index contributed by atoms with van der Waals surface area (Å²) in [7, 11) is 0. The van der Waals surface area contributed by atoms with Crippen LogP contribution in [0.3, 0.4) is 0 Å². The Morgan fingerprint density at radius 3 is 2.74 bits per heavy atom. The fraction of sp³-hybridized carbons (Fsp3) is 0.304. The van der Waals surface area contributed by atoms with Gasteiger partial charge in [0, 0.05) is 28.8 Å². The molecule has 4 rings (SSSR count). The monoisotopic (exact) mass is 454 g/mol. The number of benzene rings is 2. The van der Waals surface area contributed by atoms with E-state index in [9.17, 15) is 4.79 Å². The zero-order valence-electron chi connectivity index (χ0n) is 17.8. The smallest absolute Gasteiger partial charge is 0.247 e. The van der Waals surface area contributed by atoms with Gasteiger partial charge in [-0.3, -0.25) is 9.69 Å². The number of rotatable bonds is 4. The normalized spacial score (nSPS) is 15.2. The number of anilines is 1. The maximum absolute atomic E-state index is 12.8. The third kappa shape index (κ3) is 4.52. The molecule has 1 amide bonds. The number of carbonyl (C=O) groups excluding carboxylic acids is 1. The Morgan fingerprint density at radius 1 is 1.23 bits per heavy atom. The van der Waals surface area contributed by atoms with Gasteiger partial charge >= 0.3 is 0 Å². The second-order valence-corrected chi connectivity index (χ2v) is 9.31. The third-order valence-electron chi connectivity index (χ3n) is 4.78. The first-order valence-corrected chi connectivity index (χ1v) is 11.4. The zero-order valence-corrected chi connectivity index (χ0v) is 19.4. The predicted octanol–water partition coefficient (Wildman–Crippen LogP) is 5.69. The van der Waals surface area contributed by atoms with E-state index < -0.39 is 6.23 Å². The number of ether oxygens (including phenoxy) is 1. The summed E-state index contributed by atoms with van der Waals surface area (Å²) in [4.78, 5) is 19.1. The molecule has 3 aromatic rings. The molecule has 2 heterocycles. The topological polar surface area (TPSA) is 68.2 Å². The average molecular weight is 455 g/mol. The second-order valence-electron chi connectivity index (χ2n) is 7.89. The molecule has 6 nitrogen and oxygen atoms in total. The molecule has 31 heavy (non-hydrogen) atoms. The molecule has 1 aliphatic rings. The van der Waals surface area contributed by atoms with Gasteiger partial charge in [-0.05, 0) is 37.1 Å². The van der Waals surface area contributed by atoms with Crippen LogP contribution in [-0.2, 0) is 4.79 Å². The Hall–Kier alpha value is -2.64. The van der Waals surface area contributed by atoms with Crippen molar-refractivity contribution in [3.63, 3.8) is 0 Å². The second kappa shape index (κ2) is 8.85. The number of hydrogen-bond donors (Lipinski definition) is 0. The summed E-state index contributed by atoms with van der Waals surface area (Å²) in [5.74, 6) is 1.55. The maximum atomic E-state index is 12.8. The lowest BCUT2D eigenvalue weighted by molar-refractivity contribution is -0.118. The van der Waals surface area contributed by atoms with Gasteiger partial charge in [0.1, 0.15) is 0 Å². The average Bonchev–Trinajstić information content (AvgIpc) is 2.86. The summed E-state index contributed by atoms with van der Waals surface area (Å²) in [6, 6.07) is 13.1. The Balaban J connectivity index is 1.91. The van der Waals surface area contributed by atoms with Crippen molar-refractivity contribution in [3.05, 3.63) is 58.6 Å². The molecule has 1 atom stereocenters. The number of halogens is 1. The molecule has 0 saturated heterocycles. The zero-order chi connectivity index (χ0) is 22.1. The minimum absolute atomic E-state index is 0.162. The molecule has 0 spiro atoms. The molecule has 0 bridgehead atoms. The highest BCUT2D eigenvalue weighted by atomic mass is 35.5. The highest BCUT2D eigenvalue weighted by molar-refractivity contribution is 7.99. The quantitative estimate of drug-likeness (QED) is 0.471. The minimum Gasteiger partial charge on any atom is -0.447 e. The van der Waals surface area contributed by atoms with Gasteiger partial charge in [-0.1, -0.05) is 61.0 Å². The molecule has 0 saturated carbocycles. The van der Waals surface area contributed by atoms with Gasteiger partial charge in [-0.25, -0.2) is 0 Å². The van der Waals surface area contributed by atoms with Crippen molar-refractivity contribution in [2.75, 3.05) is 10.7 Å². The summed E-state index contributed by atoms with van der Waals surface area (Å²) in [5.41, 5.74) is 3.76. The van der Waals surface area contributed by atoms with Crippen LogP contribution in [-0.4, -0.2) is 26.8 Å². The number of carbonyl (C=O) groups is 1. The van der Waals surface area contributed by atoms with Crippen LogP contribution in [0.5, 0.6) is 5.88 Å². The van der Waals surface area contributed by atoms with E-state index in [4.69, 9.17) is 16.3 Å². The SMILES string of the molecule is CC(=O)N1c2ccc(C)cc2-c2nnc(SCC(C)C)nc2O[C@H]1c1cccc(Cl)c1. The van der Waals surface area contributed by atoms with Gasteiger partial charge in [0.25, 0.3) is 0 Å². The molecule has 2 aromatic carbocycles. The van der Waals surface area contributed by atoms with Crippen LogP contribution in [0.4, 0.5) is 5.69 Å². The van der Waals surface area contributed by atoms with Crippen molar-refractivity contribution in [1.29, 1.82) is 0 Å². The van der Waals surface area contributed by atoms with Gasteiger partial charge in [0.2, 0.25) is 23.2 Å². The van der Waals surface area contributed by atoms with Gasteiger partial charge < -0.3 is 4.74 Å². The summed E-state index contributed by atoms with van der Waals surface area (Å²) in [5, 5.41) is 9.88. The van der Waals surface area contributed by atoms with Crippen molar-refractivity contribution < 1.29 is 9.53 Å². The van der Waals surface area contributed by atoms with Gasteiger partial charge in [0.15, 0.2) is 5.69 Å². The first kappa shape index (κ1) is 21.6. The summed E-state index contributed by atoms with van der Waals surface area (Å²) in [6.07, 6.45) is -0.737. The lowest BCUT2D eigenvalue weighted by atomic mass is 10.0. The molecule has 8 heteroatoms. The fourth-order valence-electron chi connectivity index (χ4n) is 3.40. The minimum atomic E-state index is -0.737. The van der Waals surface area contributed by atoms with E-state index in [1.807, 2.05) is 37.3 Å². The molecule has 0 aliphatic carbocycles. The van der Waals surface area contributed by atoms with E-state index in [1.54, 1.807) is 17.0 Å². The Labute approximate surface area is 191 Å². The molecule has 0 N–H and O–H groups in total. The molecule has 160 valence electrons. The van der Waals surface area contributed by atoms with Crippen LogP contribution in [0.15, 0.2) is 47.6 Å². The largest absolute Gasteiger partial charge is 0.447 e. The third-order valence-corrected chi connectivity index (χ3v) is 6.28. The number of fused-ring (bicyclic) bond motifs is 3. The van der Waals surface area contributed by atoms with Crippen LogP contribution in [0.2, 0.25) is 5.02 Å². The fourth-order valence-corrected chi connectivity index (χ4v) is 4.32. The summed E-state index contributed by atoms with van der Waals surface area (Å²) in [6.45, 7) is 7.79. The number of aromatic nitrogens is 3. The maximum Gasteiger partial charge on any atom is 0.247 e. The predicted molar refractivity (Wildman–Crippen MR) is 124 cm³/mol. The molecule has 1 aliphatic heterocycles. The molecular weight excluding hydrogens is 432 g/mol. The number of aryl methyl sites for hydroxylation is 1. The van der Waals surface area contributed by atoms with E-state index in [-0.39, 0.29) is 5.91 Å². The van der Waals surface area contributed by atoms with E-state index in [0.29, 0.717) is 33.4 Å². The van der Waals surface area contributed by atoms with E-state index in [2.05, 4.69) is 29.0 Å². The number of amides is 1. The summed E-state index contributed by atoms with van der Waals surface area (Å²) >= 11 is 7.78. The van der Waals surface area contributed by atoms with E-state index in [0.717, 1.165) is 22.4 Å². The van der Waals surface area contributed by atoms with Crippen LogP contribution in [0.1, 0.15) is 38.1 Å². The Kier molecular flexibility index (Phi) is 6.16. The van der Waals surface area contributed by atoms with Crippen LogP contribution >= 0.6 is 23.4 Å².